The summed E-state index contributed by atoms with van der Waals surface area (Å²) in [5.41, 5.74) is 12.7. The van der Waals surface area contributed by atoms with Gasteiger partial charge in [-0.25, -0.2) is 0 Å². The van der Waals surface area contributed by atoms with Gasteiger partial charge in [0.05, 0.1) is 11.0 Å². The predicted octanol–water partition coefficient (Wildman–Crippen LogP) is 6.66. The number of nitrogens with zero attached hydrogens (tertiary/aromatic N) is 1. The lowest BCUT2D eigenvalue weighted by molar-refractivity contribution is 0.590. The monoisotopic (exact) mass is 397 g/mol. The minimum atomic E-state index is 0.0907. The van der Waals surface area contributed by atoms with E-state index < -0.39 is 0 Å². The average Bonchev–Trinajstić information content (AvgIpc) is 2.99. The number of hydrogen-bond donors (Lipinski definition) is 2. The summed E-state index contributed by atoms with van der Waals surface area (Å²) >= 11 is 0. The van der Waals surface area contributed by atoms with E-state index in [1.54, 1.807) is 0 Å². The van der Waals surface area contributed by atoms with Crippen molar-refractivity contribution in [3.8, 4) is 5.69 Å². The SMILES string of the molecule is CC(C)(C)c1ccc2c(c1)c1cc(C(C)(C)C)ccc1n2-c1ccc(C(=N)N)cc1. The summed E-state index contributed by atoms with van der Waals surface area (Å²) in [6.45, 7) is 13.6. The average molecular weight is 398 g/mol. The normalized spacial score (nSPS) is 12.6. The number of amidine groups is 1. The highest BCUT2D eigenvalue weighted by Crippen LogP contribution is 2.37. The standard InChI is InChI=1S/C27H31N3/c1-26(2,3)18-9-13-23-21(15-18)22-16-19(27(4,5)6)10-14-24(22)30(23)20-11-7-17(8-12-20)25(28)29/h7-16H,1-6H3,(H3,28,29). The molecule has 0 saturated carbocycles. The first kappa shape index (κ1) is 20.2. The molecule has 3 N–H and O–H groups in total. The first-order valence-corrected chi connectivity index (χ1v) is 10.5. The molecule has 1 aromatic heterocycles. The van der Waals surface area contributed by atoms with Gasteiger partial charge in [-0.1, -0.05) is 53.7 Å². The fourth-order valence-corrected chi connectivity index (χ4v) is 4.02. The Morgan fingerprint density at radius 1 is 0.700 bits per heavy atom. The number of nitrogen functional groups attached to an aromatic ring is 1. The Kier molecular flexibility index (Phi) is 4.54. The number of nitrogens with one attached hydrogen (secondary N) is 1. The van der Waals surface area contributed by atoms with Crippen molar-refractivity contribution in [3.05, 3.63) is 77.4 Å². The fraction of sp³-hybridized carbons (Fsp3) is 0.296. The first-order chi connectivity index (χ1) is 14.0. The van der Waals surface area contributed by atoms with Crippen LogP contribution < -0.4 is 5.73 Å². The van der Waals surface area contributed by atoms with Crippen LogP contribution in [0.4, 0.5) is 0 Å². The minimum absolute atomic E-state index is 0.0907. The third-order valence-electron chi connectivity index (χ3n) is 5.93. The van der Waals surface area contributed by atoms with Crippen LogP contribution in [0.1, 0.15) is 58.2 Å². The zero-order valence-corrected chi connectivity index (χ0v) is 18.8. The Morgan fingerprint density at radius 3 is 1.50 bits per heavy atom. The van der Waals surface area contributed by atoms with Gasteiger partial charge in [0.15, 0.2) is 0 Å². The molecule has 4 rings (SSSR count). The Labute approximate surface area is 179 Å². The largest absolute Gasteiger partial charge is 0.384 e. The molecule has 3 nitrogen and oxygen atoms in total. The van der Waals surface area contributed by atoms with Crippen LogP contribution in [-0.2, 0) is 10.8 Å². The van der Waals surface area contributed by atoms with Gasteiger partial charge in [0, 0.05) is 22.0 Å². The van der Waals surface area contributed by atoms with E-state index in [-0.39, 0.29) is 16.7 Å². The van der Waals surface area contributed by atoms with Gasteiger partial charge >= 0.3 is 0 Å². The van der Waals surface area contributed by atoms with E-state index in [1.807, 2.05) is 24.3 Å². The van der Waals surface area contributed by atoms with Crippen LogP contribution in [0, 0.1) is 5.41 Å². The summed E-state index contributed by atoms with van der Waals surface area (Å²) < 4.78 is 2.31. The molecule has 0 aliphatic rings. The van der Waals surface area contributed by atoms with Crippen molar-refractivity contribution in [2.24, 2.45) is 5.73 Å². The molecule has 154 valence electrons. The smallest absolute Gasteiger partial charge is 0.122 e. The van der Waals surface area contributed by atoms with Crippen molar-refractivity contribution in [2.75, 3.05) is 0 Å². The molecule has 3 heteroatoms. The third-order valence-corrected chi connectivity index (χ3v) is 5.93. The van der Waals surface area contributed by atoms with Crippen LogP contribution in [0.15, 0.2) is 60.7 Å². The lowest BCUT2D eigenvalue weighted by atomic mass is 9.85. The molecule has 3 aromatic carbocycles. The van der Waals surface area contributed by atoms with Gasteiger partial charge in [-0.05, 0) is 70.5 Å². The molecule has 0 unspecified atom stereocenters. The van der Waals surface area contributed by atoms with Crippen LogP contribution in [0.2, 0.25) is 0 Å². The van der Waals surface area contributed by atoms with Crippen LogP contribution in [0.25, 0.3) is 27.5 Å². The number of benzene rings is 3. The molecule has 4 aromatic rings. The molecule has 0 radical (unpaired) electrons. The van der Waals surface area contributed by atoms with Crippen LogP contribution in [-0.4, -0.2) is 10.4 Å². The molecule has 0 bridgehead atoms. The Balaban J connectivity index is 2.06. The number of rotatable bonds is 2. The maximum Gasteiger partial charge on any atom is 0.122 e. The van der Waals surface area contributed by atoms with E-state index in [1.165, 1.54) is 32.9 Å². The molecular weight excluding hydrogens is 366 g/mol. The Bertz CT molecular complexity index is 1190. The third kappa shape index (κ3) is 3.39. The zero-order chi connectivity index (χ0) is 21.8. The highest BCUT2D eigenvalue weighted by molar-refractivity contribution is 6.10. The van der Waals surface area contributed by atoms with Gasteiger partial charge in [-0.2, -0.15) is 0 Å². The van der Waals surface area contributed by atoms with E-state index >= 15 is 0 Å². The topological polar surface area (TPSA) is 54.8 Å². The van der Waals surface area contributed by atoms with Crippen LogP contribution in [0.3, 0.4) is 0 Å². The molecular formula is C27H31N3. The molecule has 0 aliphatic carbocycles. The van der Waals surface area contributed by atoms with Crippen LogP contribution in [0.5, 0.6) is 0 Å². The van der Waals surface area contributed by atoms with Crippen LogP contribution >= 0.6 is 0 Å². The Morgan fingerprint density at radius 2 is 1.13 bits per heavy atom. The second-order valence-electron chi connectivity index (χ2n) is 10.3. The quantitative estimate of drug-likeness (QED) is 0.288. The van der Waals surface area contributed by atoms with Crippen molar-refractivity contribution < 1.29 is 0 Å². The molecule has 0 saturated heterocycles. The predicted molar refractivity (Wildman–Crippen MR) is 129 cm³/mol. The van der Waals surface area contributed by atoms with Gasteiger partial charge in [0.25, 0.3) is 0 Å². The van der Waals surface area contributed by atoms with Gasteiger partial charge in [0.1, 0.15) is 5.84 Å². The number of fused-ring (bicyclic) bond motifs is 3. The zero-order valence-electron chi connectivity index (χ0n) is 18.8. The lowest BCUT2D eigenvalue weighted by Gasteiger charge is -2.19. The second kappa shape index (κ2) is 6.73. The summed E-state index contributed by atoms with van der Waals surface area (Å²) in [7, 11) is 0. The maximum atomic E-state index is 7.68. The fourth-order valence-electron chi connectivity index (χ4n) is 4.02. The van der Waals surface area contributed by atoms with Gasteiger partial charge in [-0.15, -0.1) is 0 Å². The first-order valence-electron chi connectivity index (χ1n) is 10.5. The van der Waals surface area contributed by atoms with Crippen molar-refractivity contribution >= 4 is 27.6 Å². The van der Waals surface area contributed by atoms with Gasteiger partial charge < -0.3 is 10.3 Å². The van der Waals surface area contributed by atoms with E-state index in [0.29, 0.717) is 0 Å². The second-order valence-corrected chi connectivity index (χ2v) is 10.3. The summed E-state index contributed by atoms with van der Waals surface area (Å²) in [6, 6.07) is 21.6. The van der Waals surface area contributed by atoms with Crippen molar-refractivity contribution in [1.82, 2.24) is 4.57 Å². The molecule has 0 aliphatic heterocycles. The van der Waals surface area contributed by atoms with Crippen molar-refractivity contribution in [3.63, 3.8) is 0 Å². The molecule has 30 heavy (non-hydrogen) atoms. The molecule has 0 spiro atoms. The maximum absolute atomic E-state index is 7.68. The van der Waals surface area contributed by atoms with E-state index in [9.17, 15) is 0 Å². The van der Waals surface area contributed by atoms with E-state index in [0.717, 1.165) is 11.3 Å². The number of nitrogens with two attached hydrogens (primary N) is 1. The number of aromatic nitrogens is 1. The van der Waals surface area contributed by atoms with Gasteiger partial charge in [0.2, 0.25) is 0 Å². The molecule has 0 fully saturated rings. The summed E-state index contributed by atoms with van der Waals surface area (Å²) in [6.07, 6.45) is 0. The summed E-state index contributed by atoms with van der Waals surface area (Å²) in [4.78, 5) is 0. The molecule has 1 heterocycles. The minimum Gasteiger partial charge on any atom is -0.384 e. The van der Waals surface area contributed by atoms with E-state index in [4.69, 9.17) is 11.1 Å². The highest BCUT2D eigenvalue weighted by Gasteiger charge is 2.20. The lowest BCUT2D eigenvalue weighted by Crippen LogP contribution is -2.11. The molecule has 0 amide bonds. The highest BCUT2D eigenvalue weighted by atomic mass is 15.0. The van der Waals surface area contributed by atoms with Crippen molar-refractivity contribution in [1.29, 1.82) is 5.41 Å². The van der Waals surface area contributed by atoms with Gasteiger partial charge in [-0.3, -0.25) is 5.41 Å². The van der Waals surface area contributed by atoms with Crippen molar-refractivity contribution in [2.45, 2.75) is 52.4 Å². The molecule has 0 atom stereocenters. The Hall–Kier alpha value is -3.07. The summed E-state index contributed by atoms with van der Waals surface area (Å²) in [5, 5.41) is 10.2. The van der Waals surface area contributed by atoms with E-state index in [2.05, 4.69) is 82.5 Å². The summed E-state index contributed by atoms with van der Waals surface area (Å²) in [5.74, 6) is 0.0911. The number of hydrogen-bond acceptors (Lipinski definition) is 1.